The zero-order valence-corrected chi connectivity index (χ0v) is 20.6. The summed E-state index contributed by atoms with van der Waals surface area (Å²) in [6, 6.07) is 10.3. The molecule has 0 saturated carbocycles. The third kappa shape index (κ3) is 6.09. The van der Waals surface area contributed by atoms with Gasteiger partial charge in [0.2, 0.25) is 0 Å². The zero-order chi connectivity index (χ0) is 27.4. The maximum absolute atomic E-state index is 14.7. The standard InChI is InChI=1S/C26H23F3N6O3/c1-14(2)21-13-24(35(34-21)18-9-15(27)8-16(28)10-18)33-26(37)32-17-4-5-23(20(29)11-17)38-19-6-7-31-22(12-19)25(36)30-3/h4-14H,1-3H3,(H,30,36)(H2,32,33,37). The lowest BCUT2D eigenvalue weighted by atomic mass is 10.1. The van der Waals surface area contributed by atoms with Crippen LogP contribution in [0.5, 0.6) is 11.5 Å². The number of nitrogens with zero attached hydrogens (tertiary/aromatic N) is 3. The van der Waals surface area contributed by atoms with Crippen LogP contribution in [0.25, 0.3) is 5.69 Å². The van der Waals surface area contributed by atoms with Crippen LogP contribution < -0.4 is 20.7 Å². The van der Waals surface area contributed by atoms with Crippen LogP contribution in [0.3, 0.4) is 0 Å². The van der Waals surface area contributed by atoms with Crippen molar-refractivity contribution in [3.05, 3.63) is 89.6 Å². The van der Waals surface area contributed by atoms with Gasteiger partial charge in [0.1, 0.15) is 28.9 Å². The van der Waals surface area contributed by atoms with Gasteiger partial charge in [0.15, 0.2) is 11.6 Å². The van der Waals surface area contributed by atoms with Crippen LogP contribution in [0.15, 0.2) is 60.8 Å². The Hall–Kier alpha value is -4.87. The molecule has 0 aliphatic carbocycles. The Bertz CT molecular complexity index is 1490. The molecule has 0 fully saturated rings. The summed E-state index contributed by atoms with van der Waals surface area (Å²) in [6.45, 7) is 3.75. The minimum atomic E-state index is -0.800. The normalized spacial score (nSPS) is 10.8. The van der Waals surface area contributed by atoms with Crippen LogP contribution in [0.4, 0.5) is 29.5 Å². The highest BCUT2D eigenvalue weighted by molar-refractivity contribution is 5.99. The molecule has 38 heavy (non-hydrogen) atoms. The van der Waals surface area contributed by atoms with E-state index in [1.165, 1.54) is 42.2 Å². The summed E-state index contributed by atoms with van der Waals surface area (Å²) in [7, 11) is 1.46. The van der Waals surface area contributed by atoms with Crippen molar-refractivity contribution in [2.75, 3.05) is 17.7 Å². The van der Waals surface area contributed by atoms with Crippen LogP contribution in [-0.2, 0) is 0 Å². The number of carbonyl (C=O) groups excluding carboxylic acids is 2. The quantitative estimate of drug-likeness (QED) is 0.291. The highest BCUT2D eigenvalue weighted by Gasteiger charge is 2.17. The molecule has 4 aromatic rings. The van der Waals surface area contributed by atoms with E-state index in [2.05, 4.69) is 26.0 Å². The number of halogens is 3. The SMILES string of the molecule is CNC(=O)c1cc(Oc2ccc(NC(=O)Nc3cc(C(C)C)nn3-c3cc(F)cc(F)c3)cc2F)ccn1. The highest BCUT2D eigenvalue weighted by atomic mass is 19.1. The average Bonchev–Trinajstić information content (AvgIpc) is 3.29. The molecule has 0 spiro atoms. The average molecular weight is 525 g/mol. The summed E-state index contributed by atoms with van der Waals surface area (Å²) >= 11 is 0. The molecule has 0 bridgehead atoms. The van der Waals surface area contributed by atoms with E-state index >= 15 is 0 Å². The zero-order valence-electron chi connectivity index (χ0n) is 20.6. The number of anilines is 2. The molecule has 0 atom stereocenters. The second-order valence-electron chi connectivity index (χ2n) is 8.43. The molecule has 2 aromatic carbocycles. The van der Waals surface area contributed by atoms with E-state index in [9.17, 15) is 22.8 Å². The summed E-state index contributed by atoms with van der Waals surface area (Å²) in [4.78, 5) is 28.3. The van der Waals surface area contributed by atoms with E-state index in [4.69, 9.17) is 4.74 Å². The van der Waals surface area contributed by atoms with Crippen molar-refractivity contribution >= 4 is 23.4 Å². The molecular weight excluding hydrogens is 501 g/mol. The van der Waals surface area contributed by atoms with Gasteiger partial charge in [-0.3, -0.25) is 15.1 Å². The number of nitrogens with one attached hydrogen (secondary N) is 3. The molecule has 9 nitrogen and oxygen atoms in total. The number of urea groups is 1. The Morgan fingerprint density at radius 2 is 1.68 bits per heavy atom. The lowest BCUT2D eigenvalue weighted by Crippen LogP contribution is -2.21. The van der Waals surface area contributed by atoms with Crippen molar-refractivity contribution in [2.24, 2.45) is 0 Å². The molecule has 2 aromatic heterocycles. The van der Waals surface area contributed by atoms with Crippen molar-refractivity contribution in [2.45, 2.75) is 19.8 Å². The number of rotatable bonds is 7. The number of ether oxygens (including phenoxy) is 1. The molecule has 0 saturated heterocycles. The van der Waals surface area contributed by atoms with E-state index in [-0.39, 0.29) is 40.3 Å². The minimum Gasteiger partial charge on any atom is -0.454 e. The lowest BCUT2D eigenvalue weighted by Gasteiger charge is -2.12. The largest absolute Gasteiger partial charge is 0.454 e. The molecule has 3 amide bonds. The number of amides is 3. The van der Waals surface area contributed by atoms with E-state index in [1.54, 1.807) is 6.07 Å². The predicted molar refractivity (Wildman–Crippen MR) is 134 cm³/mol. The van der Waals surface area contributed by atoms with E-state index in [0.29, 0.717) is 5.69 Å². The number of carbonyl (C=O) groups is 2. The molecule has 196 valence electrons. The van der Waals surface area contributed by atoms with Crippen LogP contribution in [0.1, 0.15) is 35.9 Å². The van der Waals surface area contributed by atoms with Crippen LogP contribution >= 0.6 is 0 Å². The Labute approximate surface area is 215 Å². The molecular formula is C26H23F3N6O3. The first kappa shape index (κ1) is 26.2. The van der Waals surface area contributed by atoms with E-state index in [1.807, 2.05) is 13.8 Å². The smallest absolute Gasteiger partial charge is 0.324 e. The Kier molecular flexibility index (Phi) is 7.61. The van der Waals surface area contributed by atoms with Crippen molar-refractivity contribution in [1.82, 2.24) is 20.1 Å². The number of aromatic nitrogens is 3. The Balaban J connectivity index is 1.50. The first-order valence-electron chi connectivity index (χ1n) is 11.4. The third-order valence-corrected chi connectivity index (χ3v) is 5.26. The van der Waals surface area contributed by atoms with Gasteiger partial charge in [-0.15, -0.1) is 0 Å². The van der Waals surface area contributed by atoms with Gasteiger partial charge < -0.3 is 15.4 Å². The van der Waals surface area contributed by atoms with Gasteiger partial charge in [-0.05, 0) is 36.2 Å². The summed E-state index contributed by atoms with van der Waals surface area (Å²) in [6.07, 6.45) is 1.35. The fourth-order valence-corrected chi connectivity index (χ4v) is 3.42. The van der Waals surface area contributed by atoms with Gasteiger partial charge in [-0.2, -0.15) is 5.10 Å². The summed E-state index contributed by atoms with van der Waals surface area (Å²) in [5.74, 6) is -2.63. The van der Waals surface area contributed by atoms with Crippen molar-refractivity contribution in [3.63, 3.8) is 0 Å². The minimum absolute atomic E-state index is 0.0345. The van der Waals surface area contributed by atoms with Gasteiger partial charge in [-0.1, -0.05) is 13.8 Å². The predicted octanol–water partition coefficient (Wildman–Crippen LogP) is 5.60. The first-order valence-corrected chi connectivity index (χ1v) is 11.4. The maximum Gasteiger partial charge on any atom is 0.324 e. The van der Waals surface area contributed by atoms with Crippen molar-refractivity contribution < 1.29 is 27.5 Å². The summed E-state index contributed by atoms with van der Waals surface area (Å²) in [5, 5.41) is 11.9. The second-order valence-corrected chi connectivity index (χ2v) is 8.43. The van der Waals surface area contributed by atoms with Gasteiger partial charge >= 0.3 is 6.03 Å². The third-order valence-electron chi connectivity index (χ3n) is 5.26. The Morgan fingerprint density at radius 1 is 0.947 bits per heavy atom. The number of hydrogen-bond acceptors (Lipinski definition) is 5. The van der Waals surface area contributed by atoms with Crippen LogP contribution in [-0.4, -0.2) is 33.8 Å². The number of pyridine rings is 1. The fourth-order valence-electron chi connectivity index (χ4n) is 3.42. The molecule has 0 aliphatic rings. The highest BCUT2D eigenvalue weighted by Crippen LogP contribution is 2.28. The fraction of sp³-hybridized carbons (Fsp3) is 0.154. The van der Waals surface area contributed by atoms with E-state index in [0.717, 1.165) is 24.3 Å². The second kappa shape index (κ2) is 11.0. The molecule has 0 aliphatic heterocycles. The van der Waals surface area contributed by atoms with Gasteiger partial charge in [0.05, 0.1) is 11.4 Å². The maximum atomic E-state index is 14.7. The number of benzene rings is 2. The summed E-state index contributed by atoms with van der Waals surface area (Å²) in [5.41, 5.74) is 0.863. The number of hydrogen-bond donors (Lipinski definition) is 3. The van der Waals surface area contributed by atoms with E-state index < -0.39 is 29.4 Å². The molecule has 12 heteroatoms. The monoisotopic (exact) mass is 524 g/mol. The topological polar surface area (TPSA) is 110 Å². The van der Waals surface area contributed by atoms with Gasteiger partial charge in [0.25, 0.3) is 5.91 Å². The molecule has 0 radical (unpaired) electrons. The van der Waals surface area contributed by atoms with Gasteiger partial charge in [0, 0.05) is 43.2 Å². The van der Waals surface area contributed by atoms with Gasteiger partial charge in [-0.25, -0.2) is 22.6 Å². The first-order chi connectivity index (χ1) is 18.1. The van der Waals surface area contributed by atoms with Crippen LogP contribution in [0, 0.1) is 17.5 Å². The molecule has 0 unspecified atom stereocenters. The van der Waals surface area contributed by atoms with Crippen molar-refractivity contribution in [1.29, 1.82) is 0 Å². The van der Waals surface area contributed by atoms with Crippen LogP contribution in [0.2, 0.25) is 0 Å². The Morgan fingerprint density at radius 3 is 2.34 bits per heavy atom. The molecule has 3 N–H and O–H groups in total. The molecule has 4 rings (SSSR count). The lowest BCUT2D eigenvalue weighted by molar-refractivity contribution is 0.0957. The summed E-state index contributed by atoms with van der Waals surface area (Å²) < 4.78 is 49.0. The molecule has 2 heterocycles. The van der Waals surface area contributed by atoms with Crippen molar-refractivity contribution in [3.8, 4) is 17.2 Å².